The summed E-state index contributed by atoms with van der Waals surface area (Å²) in [7, 11) is -3.35. The van der Waals surface area contributed by atoms with Crippen molar-refractivity contribution in [1.29, 1.82) is 0 Å². The van der Waals surface area contributed by atoms with Gasteiger partial charge in [-0.1, -0.05) is 101 Å². The molecule has 0 saturated carbocycles. The van der Waals surface area contributed by atoms with Crippen LogP contribution in [0.1, 0.15) is 38.8 Å². The first-order valence-electron chi connectivity index (χ1n) is 12.0. The Morgan fingerprint density at radius 3 is 1.10 bits per heavy atom. The average Bonchev–Trinajstić information content (AvgIpc) is 2.79. The summed E-state index contributed by atoms with van der Waals surface area (Å²) in [6.07, 6.45) is 2.44. The molecule has 2 aromatic rings. The summed E-state index contributed by atoms with van der Waals surface area (Å²) in [5.74, 6) is 0. The third-order valence-corrected chi connectivity index (χ3v) is 26.8. The Hall–Kier alpha value is -1.21. The number of hydrogen-bond acceptors (Lipinski definition) is 2. The first-order valence-corrected chi connectivity index (χ1v) is 18.3. The van der Waals surface area contributed by atoms with Crippen molar-refractivity contribution in [1.82, 2.24) is 9.13 Å². The fourth-order valence-electron chi connectivity index (χ4n) is 5.44. The highest BCUT2D eigenvalue weighted by Gasteiger charge is 2.53. The molecular formula is C26H44N2Si2. The predicted molar refractivity (Wildman–Crippen MR) is 139 cm³/mol. The lowest BCUT2D eigenvalue weighted by Gasteiger charge is -2.55. The monoisotopic (exact) mass is 440 g/mol. The molecule has 0 aliphatic carbocycles. The van der Waals surface area contributed by atoms with Crippen LogP contribution in [0.25, 0.3) is 0 Å². The van der Waals surface area contributed by atoms with Gasteiger partial charge in [0, 0.05) is 0 Å². The molecule has 0 heterocycles. The molecule has 4 heteroatoms. The Morgan fingerprint density at radius 2 is 0.833 bits per heavy atom. The van der Waals surface area contributed by atoms with Crippen LogP contribution in [0.2, 0.25) is 25.2 Å². The van der Waals surface area contributed by atoms with Crippen LogP contribution < -0.4 is 0 Å². The van der Waals surface area contributed by atoms with E-state index in [1.54, 1.807) is 0 Å². The lowest BCUT2D eigenvalue weighted by Crippen LogP contribution is -2.76. The Balaban J connectivity index is 2.41. The van der Waals surface area contributed by atoms with Gasteiger partial charge in [0.05, 0.1) is 0 Å². The standard InChI is InChI=1S/C26H44N2Si2/c1-7-27(8-2)29(5,23-21-25-17-13-11-14-18-25)30(6,28(9-3)10-4)24-22-26-19-15-12-16-20-26/h11-20H,7-10,21-24H2,1-6H3. The molecule has 2 unspecified atom stereocenters. The second-order valence-corrected chi connectivity index (χ2v) is 22.7. The maximum absolute atomic E-state index is 2.92. The third kappa shape index (κ3) is 5.73. The molecule has 0 bridgehead atoms. The molecule has 0 aliphatic rings. The van der Waals surface area contributed by atoms with Crippen LogP contribution >= 0.6 is 0 Å². The lowest BCUT2D eigenvalue weighted by atomic mass is 10.2. The van der Waals surface area contributed by atoms with Crippen LogP contribution in [0, 0.1) is 0 Å². The second kappa shape index (κ2) is 12.0. The van der Waals surface area contributed by atoms with Crippen molar-refractivity contribution in [2.75, 3.05) is 26.2 Å². The van der Waals surface area contributed by atoms with E-state index in [0.717, 1.165) is 0 Å². The maximum atomic E-state index is 2.92. The van der Waals surface area contributed by atoms with Crippen LogP contribution in [0.4, 0.5) is 0 Å². The Labute approximate surface area is 188 Å². The average molecular weight is 441 g/mol. The summed E-state index contributed by atoms with van der Waals surface area (Å²) in [5.41, 5.74) is 3.00. The Morgan fingerprint density at radius 1 is 0.533 bits per heavy atom. The highest BCUT2D eigenvalue weighted by Crippen LogP contribution is 2.35. The van der Waals surface area contributed by atoms with Gasteiger partial charge in [0.2, 0.25) is 0 Å². The normalized spacial score (nSPS) is 15.9. The van der Waals surface area contributed by atoms with E-state index in [2.05, 4.69) is 111 Å². The summed E-state index contributed by atoms with van der Waals surface area (Å²) in [6.45, 7) is 19.7. The van der Waals surface area contributed by atoms with Gasteiger partial charge < -0.3 is 9.13 Å². The van der Waals surface area contributed by atoms with Crippen LogP contribution in [0.5, 0.6) is 0 Å². The van der Waals surface area contributed by atoms with Crippen molar-refractivity contribution in [2.24, 2.45) is 0 Å². The van der Waals surface area contributed by atoms with Gasteiger partial charge in [-0.3, -0.25) is 0 Å². The maximum Gasteiger partial charge on any atom is 0.133 e. The van der Waals surface area contributed by atoms with E-state index in [4.69, 9.17) is 0 Å². The lowest BCUT2D eigenvalue weighted by molar-refractivity contribution is 0.440. The van der Waals surface area contributed by atoms with Crippen molar-refractivity contribution in [3.05, 3.63) is 71.8 Å². The van der Waals surface area contributed by atoms with Gasteiger partial charge in [-0.05, 0) is 62.2 Å². The van der Waals surface area contributed by atoms with Crippen molar-refractivity contribution in [3.8, 4) is 0 Å². The number of aryl methyl sites for hydroxylation is 2. The molecular weight excluding hydrogens is 396 g/mol. The van der Waals surface area contributed by atoms with E-state index in [1.165, 1.54) is 62.2 Å². The van der Waals surface area contributed by atoms with E-state index in [-0.39, 0.29) is 0 Å². The zero-order valence-corrected chi connectivity index (χ0v) is 22.3. The summed E-state index contributed by atoms with van der Waals surface area (Å²) >= 11 is 0. The summed E-state index contributed by atoms with van der Waals surface area (Å²) in [6, 6.07) is 25.1. The summed E-state index contributed by atoms with van der Waals surface area (Å²) in [5, 5.41) is 0. The van der Waals surface area contributed by atoms with Gasteiger partial charge in [-0.15, -0.1) is 0 Å². The van der Waals surface area contributed by atoms with E-state index in [1.807, 2.05) is 0 Å². The second-order valence-electron chi connectivity index (χ2n) is 8.86. The fourth-order valence-corrected chi connectivity index (χ4v) is 22.8. The minimum absolute atomic E-state index is 1.18. The zero-order valence-electron chi connectivity index (χ0n) is 20.3. The molecule has 30 heavy (non-hydrogen) atoms. The summed E-state index contributed by atoms with van der Waals surface area (Å²) < 4.78 is 5.84. The van der Waals surface area contributed by atoms with Crippen molar-refractivity contribution in [3.63, 3.8) is 0 Å². The van der Waals surface area contributed by atoms with Gasteiger partial charge in [-0.25, -0.2) is 0 Å². The molecule has 2 nitrogen and oxygen atoms in total. The number of benzene rings is 2. The van der Waals surface area contributed by atoms with Crippen molar-refractivity contribution < 1.29 is 0 Å². The minimum atomic E-state index is -1.68. The van der Waals surface area contributed by atoms with Crippen LogP contribution in [-0.4, -0.2) is 50.8 Å². The molecule has 0 aliphatic heterocycles. The Kier molecular flexibility index (Phi) is 10.0. The zero-order chi connectivity index (χ0) is 22.0. The van der Waals surface area contributed by atoms with E-state index < -0.39 is 15.5 Å². The molecule has 2 atom stereocenters. The summed E-state index contributed by atoms with van der Waals surface area (Å²) in [4.78, 5) is 0. The molecule has 0 amide bonds. The van der Waals surface area contributed by atoms with E-state index in [9.17, 15) is 0 Å². The van der Waals surface area contributed by atoms with Crippen LogP contribution in [0.3, 0.4) is 0 Å². The number of rotatable bonds is 13. The molecule has 0 spiro atoms. The molecule has 0 aromatic heterocycles. The topological polar surface area (TPSA) is 6.48 Å². The van der Waals surface area contributed by atoms with Gasteiger partial charge >= 0.3 is 0 Å². The van der Waals surface area contributed by atoms with E-state index in [0.29, 0.717) is 0 Å². The predicted octanol–water partition coefficient (Wildman–Crippen LogP) is 6.38. The smallest absolute Gasteiger partial charge is 0.133 e. The molecule has 2 aromatic carbocycles. The first kappa shape index (κ1) is 25.1. The third-order valence-electron chi connectivity index (χ3n) is 7.57. The van der Waals surface area contributed by atoms with Gasteiger partial charge in [-0.2, -0.15) is 0 Å². The van der Waals surface area contributed by atoms with Crippen LogP contribution in [-0.2, 0) is 12.8 Å². The number of hydrogen-bond donors (Lipinski definition) is 0. The molecule has 2 rings (SSSR count). The first-order chi connectivity index (χ1) is 14.4. The largest absolute Gasteiger partial charge is 0.325 e. The highest BCUT2D eigenvalue weighted by atomic mass is 29.3. The SMILES string of the molecule is CCN(CC)[Si](C)(CCc1ccccc1)[Si](C)(CCc1ccccc1)N(CC)CC. The Bertz CT molecular complexity index is 653. The van der Waals surface area contributed by atoms with Crippen LogP contribution in [0.15, 0.2) is 60.7 Å². The molecule has 0 fully saturated rings. The van der Waals surface area contributed by atoms with Gasteiger partial charge in [0.1, 0.15) is 15.5 Å². The highest BCUT2D eigenvalue weighted by molar-refractivity contribution is 7.39. The minimum Gasteiger partial charge on any atom is -0.325 e. The van der Waals surface area contributed by atoms with Gasteiger partial charge in [0.25, 0.3) is 0 Å². The number of nitrogens with zero attached hydrogens (tertiary/aromatic N) is 2. The van der Waals surface area contributed by atoms with E-state index >= 15 is 0 Å². The molecule has 0 radical (unpaired) electrons. The van der Waals surface area contributed by atoms with Crippen molar-refractivity contribution in [2.45, 2.75) is 65.7 Å². The van der Waals surface area contributed by atoms with Crippen molar-refractivity contribution >= 4 is 15.5 Å². The van der Waals surface area contributed by atoms with Gasteiger partial charge in [0.15, 0.2) is 0 Å². The molecule has 166 valence electrons. The molecule has 0 N–H and O–H groups in total. The molecule has 0 saturated heterocycles. The quantitative estimate of drug-likeness (QED) is 0.333. The fraction of sp³-hybridized carbons (Fsp3) is 0.538.